The maximum absolute atomic E-state index is 12.4. The van der Waals surface area contributed by atoms with E-state index in [4.69, 9.17) is 5.11 Å². The van der Waals surface area contributed by atoms with Crippen LogP contribution < -0.4 is 0 Å². The second-order valence-corrected chi connectivity index (χ2v) is 5.85. The zero-order chi connectivity index (χ0) is 14.0. The SMILES string of the molecule is CCC(CC(=O)O)CN1C(=O)CC2(CCCC2)C1=O. The minimum Gasteiger partial charge on any atom is -0.481 e. The number of aliphatic carboxylic acids is 1. The molecule has 0 aromatic carbocycles. The van der Waals surface area contributed by atoms with Gasteiger partial charge in [0.2, 0.25) is 11.8 Å². The molecule has 106 valence electrons. The maximum atomic E-state index is 12.4. The van der Waals surface area contributed by atoms with Crippen LogP contribution >= 0.6 is 0 Å². The van der Waals surface area contributed by atoms with Crippen LogP contribution in [0, 0.1) is 11.3 Å². The number of amides is 2. The fraction of sp³-hybridized carbons (Fsp3) is 0.786. The molecule has 1 spiro atoms. The number of hydrogen-bond acceptors (Lipinski definition) is 3. The van der Waals surface area contributed by atoms with E-state index in [0.29, 0.717) is 12.8 Å². The van der Waals surface area contributed by atoms with Gasteiger partial charge < -0.3 is 5.11 Å². The summed E-state index contributed by atoms with van der Waals surface area (Å²) in [6, 6.07) is 0. The van der Waals surface area contributed by atoms with E-state index in [1.165, 1.54) is 4.90 Å². The van der Waals surface area contributed by atoms with Crippen LogP contribution in [0.25, 0.3) is 0 Å². The van der Waals surface area contributed by atoms with Gasteiger partial charge >= 0.3 is 5.97 Å². The van der Waals surface area contributed by atoms with Crippen LogP contribution in [0.4, 0.5) is 0 Å². The molecule has 0 aromatic heterocycles. The first-order valence-corrected chi connectivity index (χ1v) is 7.05. The minimum atomic E-state index is -0.874. The van der Waals surface area contributed by atoms with Gasteiger partial charge in [-0.3, -0.25) is 19.3 Å². The number of nitrogens with zero attached hydrogens (tertiary/aromatic N) is 1. The Kier molecular flexibility index (Phi) is 3.92. The molecule has 0 radical (unpaired) electrons. The molecule has 2 aliphatic rings. The molecule has 1 aliphatic carbocycles. The molecule has 5 heteroatoms. The molecule has 2 fully saturated rings. The van der Waals surface area contributed by atoms with Crippen LogP contribution in [0.1, 0.15) is 51.9 Å². The topological polar surface area (TPSA) is 74.7 Å². The van der Waals surface area contributed by atoms with Gasteiger partial charge in [0.25, 0.3) is 0 Å². The Morgan fingerprint density at radius 2 is 2.00 bits per heavy atom. The van der Waals surface area contributed by atoms with Gasteiger partial charge in [0.15, 0.2) is 0 Å². The molecular weight excluding hydrogens is 246 g/mol. The number of carboxylic acid groups (broad SMARTS) is 1. The number of carbonyl (C=O) groups is 3. The van der Waals surface area contributed by atoms with Crippen molar-refractivity contribution in [3.63, 3.8) is 0 Å². The standard InChI is InChI=1S/C14H21NO4/c1-2-10(7-12(17)18)9-15-11(16)8-14(13(15)19)5-3-4-6-14/h10H,2-9H2,1H3,(H,17,18). The van der Waals surface area contributed by atoms with Crippen molar-refractivity contribution in [2.45, 2.75) is 51.9 Å². The Morgan fingerprint density at radius 1 is 1.37 bits per heavy atom. The van der Waals surface area contributed by atoms with E-state index in [2.05, 4.69) is 0 Å². The molecule has 1 aliphatic heterocycles. The minimum absolute atomic E-state index is 0.0144. The summed E-state index contributed by atoms with van der Waals surface area (Å²) in [5.41, 5.74) is -0.446. The summed E-state index contributed by atoms with van der Waals surface area (Å²) in [5, 5.41) is 8.84. The number of hydrogen-bond donors (Lipinski definition) is 1. The largest absolute Gasteiger partial charge is 0.481 e. The Hall–Kier alpha value is -1.39. The molecule has 1 saturated carbocycles. The highest BCUT2D eigenvalue weighted by atomic mass is 16.4. The Labute approximate surface area is 113 Å². The first kappa shape index (κ1) is 14.0. The molecule has 1 saturated heterocycles. The predicted molar refractivity (Wildman–Crippen MR) is 68.3 cm³/mol. The van der Waals surface area contributed by atoms with Crippen molar-refractivity contribution >= 4 is 17.8 Å². The highest BCUT2D eigenvalue weighted by Crippen LogP contribution is 2.47. The zero-order valence-electron chi connectivity index (χ0n) is 11.4. The van der Waals surface area contributed by atoms with Crippen LogP contribution in [0.15, 0.2) is 0 Å². The van der Waals surface area contributed by atoms with Gasteiger partial charge in [-0.1, -0.05) is 26.2 Å². The van der Waals surface area contributed by atoms with Crippen LogP contribution in [0.5, 0.6) is 0 Å². The lowest BCUT2D eigenvalue weighted by Crippen LogP contribution is -2.38. The second-order valence-electron chi connectivity index (χ2n) is 5.85. The van der Waals surface area contributed by atoms with Gasteiger partial charge in [-0.15, -0.1) is 0 Å². The first-order valence-electron chi connectivity index (χ1n) is 7.05. The van der Waals surface area contributed by atoms with E-state index in [9.17, 15) is 14.4 Å². The lowest BCUT2D eigenvalue weighted by molar-refractivity contribution is -0.144. The van der Waals surface area contributed by atoms with Crippen molar-refractivity contribution < 1.29 is 19.5 Å². The van der Waals surface area contributed by atoms with Crippen molar-refractivity contribution in [3.05, 3.63) is 0 Å². The summed E-state index contributed by atoms with van der Waals surface area (Å²) < 4.78 is 0. The number of likely N-dealkylation sites (tertiary alicyclic amines) is 1. The summed E-state index contributed by atoms with van der Waals surface area (Å²) in [5.74, 6) is -1.18. The van der Waals surface area contributed by atoms with Crippen molar-refractivity contribution in [3.8, 4) is 0 Å². The number of carbonyl (C=O) groups excluding carboxylic acids is 2. The Morgan fingerprint density at radius 3 is 2.53 bits per heavy atom. The van der Waals surface area contributed by atoms with Gasteiger partial charge in [-0.2, -0.15) is 0 Å². The number of carboxylic acids is 1. The van der Waals surface area contributed by atoms with Gasteiger partial charge in [-0.05, 0) is 18.8 Å². The third-order valence-corrected chi connectivity index (χ3v) is 4.53. The molecule has 2 amide bonds. The predicted octanol–water partition coefficient (Wildman–Crippen LogP) is 1.81. The number of imide groups is 1. The first-order chi connectivity index (χ1) is 8.98. The lowest BCUT2D eigenvalue weighted by atomic mass is 9.84. The van der Waals surface area contributed by atoms with Crippen LogP contribution in [-0.2, 0) is 14.4 Å². The molecule has 2 rings (SSSR count). The third-order valence-electron chi connectivity index (χ3n) is 4.53. The van der Waals surface area contributed by atoms with Gasteiger partial charge in [-0.25, -0.2) is 0 Å². The van der Waals surface area contributed by atoms with Crippen LogP contribution in [0.3, 0.4) is 0 Å². The van der Waals surface area contributed by atoms with Crippen molar-refractivity contribution in [2.75, 3.05) is 6.54 Å². The average molecular weight is 267 g/mol. The Bertz CT molecular complexity index is 398. The fourth-order valence-electron chi connectivity index (χ4n) is 3.33. The molecular formula is C14H21NO4. The van der Waals surface area contributed by atoms with E-state index in [-0.39, 0.29) is 30.7 Å². The molecule has 0 aromatic rings. The quantitative estimate of drug-likeness (QED) is 0.771. The van der Waals surface area contributed by atoms with Gasteiger partial charge in [0, 0.05) is 19.4 Å². The molecule has 1 N–H and O–H groups in total. The normalized spacial score (nSPS) is 23.3. The van der Waals surface area contributed by atoms with Crippen molar-refractivity contribution in [1.29, 1.82) is 0 Å². The van der Waals surface area contributed by atoms with E-state index in [1.807, 2.05) is 6.92 Å². The molecule has 1 heterocycles. The average Bonchev–Trinajstić information content (AvgIpc) is 2.89. The van der Waals surface area contributed by atoms with Gasteiger partial charge in [0.05, 0.1) is 5.41 Å². The summed E-state index contributed by atoms with van der Waals surface area (Å²) >= 11 is 0. The summed E-state index contributed by atoms with van der Waals surface area (Å²) in [6.07, 6.45) is 4.65. The molecule has 1 atom stereocenters. The smallest absolute Gasteiger partial charge is 0.303 e. The van der Waals surface area contributed by atoms with Gasteiger partial charge in [0.1, 0.15) is 0 Å². The highest BCUT2D eigenvalue weighted by molar-refractivity contribution is 6.06. The highest BCUT2D eigenvalue weighted by Gasteiger charge is 2.52. The fourth-order valence-corrected chi connectivity index (χ4v) is 3.33. The Balaban J connectivity index is 2.06. The van der Waals surface area contributed by atoms with Crippen LogP contribution in [-0.4, -0.2) is 34.3 Å². The van der Waals surface area contributed by atoms with Crippen molar-refractivity contribution in [1.82, 2.24) is 4.90 Å². The monoisotopic (exact) mass is 267 g/mol. The lowest BCUT2D eigenvalue weighted by Gasteiger charge is -2.23. The summed E-state index contributed by atoms with van der Waals surface area (Å²) in [7, 11) is 0. The van der Waals surface area contributed by atoms with E-state index < -0.39 is 11.4 Å². The van der Waals surface area contributed by atoms with E-state index in [1.54, 1.807) is 0 Å². The third kappa shape index (κ3) is 2.65. The van der Waals surface area contributed by atoms with E-state index >= 15 is 0 Å². The molecule has 19 heavy (non-hydrogen) atoms. The maximum Gasteiger partial charge on any atom is 0.303 e. The zero-order valence-corrected chi connectivity index (χ0v) is 11.4. The van der Waals surface area contributed by atoms with Crippen molar-refractivity contribution in [2.24, 2.45) is 11.3 Å². The van der Waals surface area contributed by atoms with E-state index in [0.717, 1.165) is 25.7 Å². The molecule has 5 nitrogen and oxygen atoms in total. The second kappa shape index (κ2) is 5.31. The molecule has 0 bridgehead atoms. The summed E-state index contributed by atoms with van der Waals surface area (Å²) in [4.78, 5) is 36.6. The summed E-state index contributed by atoms with van der Waals surface area (Å²) in [6.45, 7) is 2.16. The number of rotatable bonds is 5. The van der Waals surface area contributed by atoms with Crippen LogP contribution in [0.2, 0.25) is 0 Å². The molecule has 1 unspecified atom stereocenters.